The number of thioether (sulfide) groups is 1. The van der Waals surface area contributed by atoms with Gasteiger partial charge in [0.1, 0.15) is 4.83 Å². The molecule has 2 aliphatic carbocycles. The van der Waals surface area contributed by atoms with Crippen LogP contribution < -0.4 is 16.2 Å². The molecule has 5 rings (SSSR count). The summed E-state index contributed by atoms with van der Waals surface area (Å²) in [5, 5.41) is 7.15. The average molecular weight is 497 g/mol. The number of carbonyl (C=O) groups excluding carboxylic acids is 2. The van der Waals surface area contributed by atoms with Crippen molar-refractivity contribution < 1.29 is 9.59 Å². The normalized spacial score (nSPS) is 17.4. The highest BCUT2D eigenvalue weighted by molar-refractivity contribution is 7.99. The van der Waals surface area contributed by atoms with E-state index in [1.54, 1.807) is 40.2 Å². The molecule has 1 aromatic carbocycles. The quantitative estimate of drug-likeness (QED) is 0.377. The summed E-state index contributed by atoms with van der Waals surface area (Å²) in [5.74, 6) is 0.426. The number of anilines is 1. The second-order valence-corrected chi connectivity index (χ2v) is 11.2. The van der Waals surface area contributed by atoms with E-state index in [-0.39, 0.29) is 29.2 Å². The Morgan fingerprint density at radius 1 is 1.26 bits per heavy atom. The molecule has 0 saturated heterocycles. The lowest BCUT2D eigenvalue weighted by Crippen LogP contribution is -2.25. The van der Waals surface area contributed by atoms with Gasteiger partial charge in [-0.1, -0.05) is 24.8 Å². The third-order valence-electron chi connectivity index (χ3n) is 6.35. The van der Waals surface area contributed by atoms with Crippen molar-refractivity contribution in [3.05, 3.63) is 50.6 Å². The lowest BCUT2D eigenvalue weighted by atomic mass is 9.89. The molecule has 1 unspecified atom stereocenters. The van der Waals surface area contributed by atoms with Crippen LogP contribution in [0, 0.1) is 5.92 Å². The van der Waals surface area contributed by atoms with Crippen LogP contribution in [0.25, 0.3) is 10.2 Å². The fourth-order valence-electron chi connectivity index (χ4n) is 4.36. The number of hydrogen-bond donors (Lipinski definition) is 2. The minimum Gasteiger partial charge on any atom is -0.349 e. The second-order valence-electron chi connectivity index (χ2n) is 9.14. The lowest BCUT2D eigenvalue weighted by Gasteiger charge is -2.17. The Labute approximate surface area is 206 Å². The van der Waals surface area contributed by atoms with Crippen molar-refractivity contribution in [1.82, 2.24) is 14.9 Å². The number of benzene rings is 1. The summed E-state index contributed by atoms with van der Waals surface area (Å²) in [5.41, 5.74) is 2.28. The van der Waals surface area contributed by atoms with Gasteiger partial charge in [-0.15, -0.1) is 11.3 Å². The van der Waals surface area contributed by atoms with E-state index in [2.05, 4.69) is 17.6 Å². The largest absolute Gasteiger partial charge is 0.349 e. The monoisotopic (exact) mass is 496 g/mol. The molecule has 0 bridgehead atoms. The Hall–Kier alpha value is -2.65. The van der Waals surface area contributed by atoms with Crippen molar-refractivity contribution in [2.24, 2.45) is 5.92 Å². The van der Waals surface area contributed by atoms with Gasteiger partial charge in [0.25, 0.3) is 11.5 Å². The molecule has 1 fully saturated rings. The number of nitrogens with zero attached hydrogens (tertiary/aromatic N) is 2. The van der Waals surface area contributed by atoms with Gasteiger partial charge in [-0.05, 0) is 68.7 Å². The van der Waals surface area contributed by atoms with Crippen molar-refractivity contribution in [2.45, 2.75) is 63.7 Å². The zero-order valence-corrected chi connectivity index (χ0v) is 21.0. The molecule has 2 aliphatic rings. The minimum atomic E-state index is -0.207. The van der Waals surface area contributed by atoms with Gasteiger partial charge < -0.3 is 10.6 Å². The van der Waals surface area contributed by atoms with E-state index in [4.69, 9.17) is 4.98 Å². The van der Waals surface area contributed by atoms with E-state index in [0.29, 0.717) is 28.9 Å². The first kappa shape index (κ1) is 23.1. The molecular formula is C25H28N4O3S2. The minimum absolute atomic E-state index is 0.00293. The van der Waals surface area contributed by atoms with Crippen molar-refractivity contribution in [3.8, 4) is 0 Å². The fraction of sp³-hybridized carbons (Fsp3) is 0.440. The van der Waals surface area contributed by atoms with Gasteiger partial charge in [0.2, 0.25) is 5.91 Å². The van der Waals surface area contributed by atoms with Crippen LogP contribution in [-0.4, -0.2) is 33.2 Å². The van der Waals surface area contributed by atoms with Gasteiger partial charge in [-0.2, -0.15) is 0 Å². The third kappa shape index (κ3) is 4.77. The van der Waals surface area contributed by atoms with E-state index in [1.807, 2.05) is 6.92 Å². The number of hydrogen-bond acceptors (Lipinski definition) is 6. The van der Waals surface area contributed by atoms with Gasteiger partial charge in [0, 0.05) is 28.7 Å². The Kier molecular flexibility index (Phi) is 6.48. The predicted octanol–water partition coefficient (Wildman–Crippen LogP) is 4.23. The van der Waals surface area contributed by atoms with E-state index in [0.717, 1.165) is 42.3 Å². The number of nitrogens with one attached hydrogen (secondary N) is 2. The zero-order chi connectivity index (χ0) is 23.8. The van der Waals surface area contributed by atoms with Crippen LogP contribution in [0.1, 0.15) is 53.9 Å². The molecule has 1 atom stereocenters. The average Bonchev–Trinajstić information content (AvgIpc) is 3.55. The smallest absolute Gasteiger partial charge is 0.263 e. The molecule has 0 aliphatic heterocycles. The van der Waals surface area contributed by atoms with Crippen molar-refractivity contribution in [2.75, 3.05) is 11.1 Å². The highest BCUT2D eigenvalue weighted by atomic mass is 32.2. The molecule has 3 aromatic rings. The molecule has 9 heteroatoms. The van der Waals surface area contributed by atoms with Gasteiger partial charge in [0.05, 0.1) is 11.1 Å². The first-order valence-corrected chi connectivity index (χ1v) is 13.6. The number of rotatable bonds is 7. The standard InChI is InChI=1S/C25H28N4O3S2/c1-3-29-24(32)21-18-10-7-14(2)11-19(18)34-23(21)28-25(29)33-13-20(30)26-17-6-4-5-15(12-17)22(31)27-16-8-9-16/h4-6,12,14,16H,3,7-11,13H2,1-2H3,(H,26,30)(H,27,31). The summed E-state index contributed by atoms with van der Waals surface area (Å²) >= 11 is 2.89. The van der Waals surface area contributed by atoms with Crippen LogP contribution in [0.5, 0.6) is 0 Å². The van der Waals surface area contributed by atoms with Gasteiger partial charge in [-0.3, -0.25) is 19.0 Å². The maximum Gasteiger partial charge on any atom is 0.263 e. The molecule has 2 amide bonds. The van der Waals surface area contributed by atoms with Gasteiger partial charge in [-0.25, -0.2) is 4.98 Å². The van der Waals surface area contributed by atoms with Crippen molar-refractivity contribution in [1.29, 1.82) is 0 Å². The SMILES string of the molecule is CCn1c(SCC(=O)Nc2cccc(C(=O)NC3CC3)c2)nc2sc3c(c2c1=O)CCC(C)C3. The van der Waals surface area contributed by atoms with E-state index >= 15 is 0 Å². The van der Waals surface area contributed by atoms with E-state index in [1.165, 1.54) is 22.2 Å². The highest BCUT2D eigenvalue weighted by Gasteiger charge is 2.25. The molecule has 34 heavy (non-hydrogen) atoms. The Morgan fingerprint density at radius 2 is 2.09 bits per heavy atom. The molecule has 7 nitrogen and oxygen atoms in total. The van der Waals surface area contributed by atoms with Crippen LogP contribution in [0.2, 0.25) is 0 Å². The highest BCUT2D eigenvalue weighted by Crippen LogP contribution is 2.36. The number of fused-ring (bicyclic) bond motifs is 3. The molecule has 0 spiro atoms. The summed E-state index contributed by atoms with van der Waals surface area (Å²) in [4.78, 5) is 45.1. The predicted molar refractivity (Wildman–Crippen MR) is 137 cm³/mol. The van der Waals surface area contributed by atoms with Gasteiger partial charge >= 0.3 is 0 Å². The van der Waals surface area contributed by atoms with Crippen LogP contribution >= 0.6 is 23.1 Å². The Bertz CT molecular complexity index is 1330. The van der Waals surface area contributed by atoms with Crippen LogP contribution in [-0.2, 0) is 24.2 Å². The molecule has 1 saturated carbocycles. The van der Waals surface area contributed by atoms with Crippen LogP contribution in [0.15, 0.2) is 34.2 Å². The molecule has 178 valence electrons. The number of aryl methyl sites for hydroxylation is 1. The molecule has 2 heterocycles. The number of thiophene rings is 1. The van der Waals surface area contributed by atoms with Gasteiger partial charge in [0.15, 0.2) is 5.16 Å². The molecule has 2 N–H and O–H groups in total. The number of carbonyl (C=O) groups is 2. The topological polar surface area (TPSA) is 93.1 Å². The maximum atomic E-state index is 13.3. The summed E-state index contributed by atoms with van der Waals surface area (Å²) in [6.07, 6.45) is 5.09. The maximum absolute atomic E-state index is 13.3. The van der Waals surface area contributed by atoms with E-state index < -0.39 is 0 Å². The first-order chi connectivity index (χ1) is 16.4. The molecule has 2 aromatic heterocycles. The van der Waals surface area contributed by atoms with E-state index in [9.17, 15) is 14.4 Å². The fourth-order valence-corrected chi connectivity index (χ4v) is 6.64. The number of amides is 2. The van der Waals surface area contributed by atoms with Crippen LogP contribution in [0.3, 0.4) is 0 Å². The Balaban J connectivity index is 1.30. The van der Waals surface area contributed by atoms with Crippen LogP contribution in [0.4, 0.5) is 5.69 Å². The number of aromatic nitrogens is 2. The molecule has 0 radical (unpaired) electrons. The summed E-state index contributed by atoms with van der Waals surface area (Å²) in [6.45, 7) is 4.68. The third-order valence-corrected chi connectivity index (χ3v) is 8.47. The summed E-state index contributed by atoms with van der Waals surface area (Å²) in [6, 6.07) is 7.22. The first-order valence-electron chi connectivity index (χ1n) is 11.8. The summed E-state index contributed by atoms with van der Waals surface area (Å²) in [7, 11) is 0. The second kappa shape index (κ2) is 9.54. The molecular weight excluding hydrogens is 468 g/mol. The zero-order valence-electron chi connectivity index (χ0n) is 19.3. The Morgan fingerprint density at radius 3 is 2.85 bits per heavy atom. The van der Waals surface area contributed by atoms with Crippen molar-refractivity contribution in [3.63, 3.8) is 0 Å². The van der Waals surface area contributed by atoms with Crippen molar-refractivity contribution >= 4 is 50.8 Å². The lowest BCUT2D eigenvalue weighted by molar-refractivity contribution is -0.113. The summed E-state index contributed by atoms with van der Waals surface area (Å²) < 4.78 is 1.67.